The van der Waals surface area contributed by atoms with Crippen molar-refractivity contribution in [1.29, 1.82) is 0 Å². The number of pyridine rings is 1. The number of carbonyl (C=O) groups excluding carboxylic acids is 1. The number of aromatic nitrogens is 1. The molecule has 0 bridgehead atoms. The Bertz CT molecular complexity index is 888. The van der Waals surface area contributed by atoms with Gasteiger partial charge in [-0.05, 0) is 24.6 Å². The molecule has 3 rings (SSSR count). The number of nitrogens with one attached hydrogen (secondary N) is 1. The van der Waals surface area contributed by atoms with Gasteiger partial charge in [-0.25, -0.2) is 0 Å². The minimum absolute atomic E-state index is 0.0128. The molecule has 0 aliphatic rings. The summed E-state index contributed by atoms with van der Waals surface area (Å²) in [6.07, 6.45) is 1.93. The second kappa shape index (κ2) is 6.08. The van der Waals surface area contributed by atoms with Crippen molar-refractivity contribution in [3.05, 3.63) is 59.8 Å². The number of rotatable bonds is 4. The molecule has 2 N–H and O–H groups in total. The number of benzene rings is 2. The molecule has 0 fully saturated rings. The predicted octanol–water partition coefficient (Wildman–Crippen LogP) is 4.59. The van der Waals surface area contributed by atoms with Crippen LogP contribution < -0.4 is 5.32 Å². The average Bonchev–Trinajstić information content (AvgIpc) is 2.57. The number of para-hydroxylation sites is 2. The normalized spacial score (nSPS) is 10.7. The van der Waals surface area contributed by atoms with Crippen LogP contribution in [0.25, 0.3) is 10.9 Å². The Balaban J connectivity index is 2.24. The zero-order chi connectivity index (χ0) is 16.4. The fraction of sp³-hybridized carbons (Fsp3) is 0.158. The number of hydrogen-bond acceptors (Lipinski definition) is 4. The molecule has 0 saturated carbocycles. The Morgan fingerprint density at radius 2 is 1.96 bits per heavy atom. The van der Waals surface area contributed by atoms with E-state index >= 15 is 0 Å². The molecule has 116 valence electrons. The summed E-state index contributed by atoms with van der Waals surface area (Å²) in [5, 5.41) is 14.1. The number of ketones is 1. The van der Waals surface area contributed by atoms with Crippen LogP contribution in [-0.4, -0.2) is 15.9 Å². The van der Waals surface area contributed by atoms with Crippen molar-refractivity contribution in [2.24, 2.45) is 0 Å². The van der Waals surface area contributed by atoms with Crippen LogP contribution >= 0.6 is 0 Å². The van der Waals surface area contributed by atoms with Crippen molar-refractivity contribution in [2.45, 2.75) is 20.3 Å². The van der Waals surface area contributed by atoms with Crippen molar-refractivity contribution in [1.82, 2.24) is 4.98 Å². The lowest BCUT2D eigenvalue weighted by Gasteiger charge is -2.15. The van der Waals surface area contributed by atoms with Crippen LogP contribution in [0.1, 0.15) is 29.3 Å². The van der Waals surface area contributed by atoms with E-state index in [1.54, 1.807) is 12.1 Å². The number of Topliss-reactive ketones (excluding diaryl/α,β-unsaturated/α-hetero) is 1. The van der Waals surface area contributed by atoms with Gasteiger partial charge in [-0.1, -0.05) is 37.3 Å². The minimum Gasteiger partial charge on any atom is -0.506 e. The van der Waals surface area contributed by atoms with Crippen molar-refractivity contribution < 1.29 is 9.90 Å². The smallest absolute Gasteiger partial charge is 0.166 e. The second-order valence-corrected chi connectivity index (χ2v) is 5.44. The summed E-state index contributed by atoms with van der Waals surface area (Å²) >= 11 is 0. The van der Waals surface area contributed by atoms with E-state index in [0.29, 0.717) is 23.2 Å². The van der Waals surface area contributed by atoms with Crippen LogP contribution in [0.5, 0.6) is 5.75 Å². The van der Waals surface area contributed by atoms with Crippen LogP contribution in [0.4, 0.5) is 11.4 Å². The van der Waals surface area contributed by atoms with Crippen LogP contribution in [0.3, 0.4) is 0 Å². The maximum atomic E-state index is 12.3. The molecule has 3 aromatic rings. The molecular weight excluding hydrogens is 288 g/mol. The summed E-state index contributed by atoms with van der Waals surface area (Å²) in [5.41, 5.74) is 3.71. The zero-order valence-corrected chi connectivity index (χ0v) is 13.1. The first-order valence-electron chi connectivity index (χ1n) is 7.58. The lowest BCUT2D eigenvalue weighted by molar-refractivity contribution is 0.0988. The first kappa shape index (κ1) is 15.0. The summed E-state index contributed by atoms with van der Waals surface area (Å²) < 4.78 is 0. The molecule has 0 spiro atoms. The Morgan fingerprint density at radius 1 is 1.17 bits per heavy atom. The summed E-state index contributed by atoms with van der Waals surface area (Å²) in [5.74, 6) is 0.115. The largest absolute Gasteiger partial charge is 0.506 e. The van der Waals surface area contributed by atoms with Crippen molar-refractivity contribution in [3.63, 3.8) is 0 Å². The molecule has 4 heteroatoms. The van der Waals surface area contributed by atoms with E-state index in [1.165, 1.54) is 6.20 Å². The third kappa shape index (κ3) is 2.75. The Labute approximate surface area is 134 Å². The SMILES string of the molecule is CCC(=O)c1cnc2c(O)cccc2c1Nc1ccccc1C. The summed E-state index contributed by atoms with van der Waals surface area (Å²) in [6, 6.07) is 13.1. The average molecular weight is 306 g/mol. The summed E-state index contributed by atoms with van der Waals surface area (Å²) in [7, 11) is 0. The highest BCUT2D eigenvalue weighted by molar-refractivity contribution is 6.09. The van der Waals surface area contributed by atoms with E-state index in [-0.39, 0.29) is 11.5 Å². The highest BCUT2D eigenvalue weighted by Crippen LogP contribution is 2.34. The lowest BCUT2D eigenvalue weighted by Crippen LogP contribution is -2.05. The second-order valence-electron chi connectivity index (χ2n) is 5.44. The van der Waals surface area contributed by atoms with E-state index in [0.717, 1.165) is 16.6 Å². The van der Waals surface area contributed by atoms with Gasteiger partial charge in [0.15, 0.2) is 5.78 Å². The number of nitrogens with zero attached hydrogens (tertiary/aromatic N) is 1. The van der Waals surface area contributed by atoms with Gasteiger partial charge in [0.25, 0.3) is 0 Å². The van der Waals surface area contributed by atoms with Crippen molar-refractivity contribution >= 4 is 28.1 Å². The van der Waals surface area contributed by atoms with Gasteiger partial charge in [-0.3, -0.25) is 9.78 Å². The molecule has 1 heterocycles. The zero-order valence-electron chi connectivity index (χ0n) is 13.1. The molecule has 0 unspecified atom stereocenters. The molecule has 0 amide bonds. The van der Waals surface area contributed by atoms with Gasteiger partial charge >= 0.3 is 0 Å². The highest BCUT2D eigenvalue weighted by atomic mass is 16.3. The van der Waals surface area contributed by atoms with Crippen LogP contribution in [-0.2, 0) is 0 Å². The van der Waals surface area contributed by atoms with Crippen molar-refractivity contribution in [2.75, 3.05) is 5.32 Å². The van der Waals surface area contributed by atoms with Crippen LogP contribution in [0.15, 0.2) is 48.7 Å². The third-order valence-corrected chi connectivity index (χ3v) is 3.90. The van der Waals surface area contributed by atoms with Gasteiger partial charge in [0.2, 0.25) is 0 Å². The summed E-state index contributed by atoms with van der Waals surface area (Å²) in [6.45, 7) is 3.83. The van der Waals surface area contributed by atoms with E-state index in [2.05, 4.69) is 10.3 Å². The number of anilines is 2. The van der Waals surface area contributed by atoms with Crippen LogP contribution in [0, 0.1) is 6.92 Å². The van der Waals surface area contributed by atoms with Gasteiger partial charge in [0, 0.05) is 23.7 Å². The molecule has 0 saturated heterocycles. The van der Waals surface area contributed by atoms with Gasteiger partial charge in [-0.2, -0.15) is 0 Å². The molecule has 1 aromatic heterocycles. The quantitative estimate of drug-likeness (QED) is 0.692. The molecule has 23 heavy (non-hydrogen) atoms. The van der Waals surface area contributed by atoms with Gasteiger partial charge in [-0.15, -0.1) is 0 Å². The number of fused-ring (bicyclic) bond motifs is 1. The minimum atomic E-state index is 0.0128. The topological polar surface area (TPSA) is 62.2 Å². The molecule has 4 nitrogen and oxygen atoms in total. The Kier molecular flexibility index (Phi) is 3.98. The molecule has 0 aliphatic heterocycles. The number of aryl methyl sites for hydroxylation is 1. The molecule has 0 radical (unpaired) electrons. The molecule has 0 aliphatic carbocycles. The number of phenols is 1. The standard InChI is InChI=1S/C19H18N2O2/c1-3-16(22)14-11-20-19-13(8-6-10-17(19)23)18(14)21-15-9-5-4-7-12(15)2/h4-11,23H,3H2,1-2H3,(H,20,21). The number of carbonyl (C=O) groups is 1. The molecule has 2 aromatic carbocycles. The van der Waals surface area contributed by atoms with E-state index in [4.69, 9.17) is 0 Å². The molecule has 0 atom stereocenters. The van der Waals surface area contributed by atoms with Crippen molar-refractivity contribution in [3.8, 4) is 5.75 Å². The predicted molar refractivity (Wildman–Crippen MR) is 92.5 cm³/mol. The maximum absolute atomic E-state index is 12.3. The van der Waals surface area contributed by atoms with E-state index < -0.39 is 0 Å². The van der Waals surface area contributed by atoms with Crippen LogP contribution in [0.2, 0.25) is 0 Å². The summed E-state index contributed by atoms with van der Waals surface area (Å²) in [4.78, 5) is 16.6. The Hall–Kier alpha value is -2.88. The number of hydrogen-bond donors (Lipinski definition) is 2. The maximum Gasteiger partial charge on any atom is 0.166 e. The van der Waals surface area contributed by atoms with E-state index in [1.807, 2.05) is 44.2 Å². The fourth-order valence-electron chi connectivity index (χ4n) is 2.59. The number of phenolic OH excluding ortho intramolecular Hbond substituents is 1. The first-order chi connectivity index (χ1) is 11.1. The van der Waals surface area contributed by atoms with E-state index in [9.17, 15) is 9.90 Å². The van der Waals surface area contributed by atoms with Gasteiger partial charge < -0.3 is 10.4 Å². The third-order valence-electron chi connectivity index (χ3n) is 3.90. The Morgan fingerprint density at radius 3 is 2.70 bits per heavy atom. The number of aromatic hydroxyl groups is 1. The van der Waals surface area contributed by atoms with Gasteiger partial charge in [0.05, 0.1) is 11.3 Å². The molecular formula is C19H18N2O2. The first-order valence-corrected chi connectivity index (χ1v) is 7.58. The highest BCUT2D eigenvalue weighted by Gasteiger charge is 2.16. The van der Waals surface area contributed by atoms with Gasteiger partial charge in [0.1, 0.15) is 11.3 Å². The fourth-order valence-corrected chi connectivity index (χ4v) is 2.59. The lowest BCUT2D eigenvalue weighted by atomic mass is 10.0. The monoisotopic (exact) mass is 306 g/mol.